The number of esters is 1. The van der Waals surface area contributed by atoms with Crippen LogP contribution in [0.1, 0.15) is 30.3 Å². The van der Waals surface area contributed by atoms with Gasteiger partial charge in [-0.3, -0.25) is 9.59 Å². The Kier molecular flexibility index (Phi) is 7.11. The predicted octanol–water partition coefficient (Wildman–Crippen LogP) is 2.65. The van der Waals surface area contributed by atoms with E-state index in [1.807, 2.05) is 42.6 Å². The molecule has 0 saturated carbocycles. The zero-order chi connectivity index (χ0) is 18.9. The maximum absolute atomic E-state index is 12.2. The molecule has 2 aromatic rings. The van der Waals surface area contributed by atoms with E-state index in [0.717, 1.165) is 10.4 Å². The fourth-order valence-electron chi connectivity index (χ4n) is 2.15. The van der Waals surface area contributed by atoms with Crippen LogP contribution in [0.15, 0.2) is 53.5 Å². The molecule has 0 aliphatic carbocycles. The second kappa shape index (κ2) is 9.53. The van der Waals surface area contributed by atoms with Crippen molar-refractivity contribution in [3.8, 4) is 0 Å². The van der Waals surface area contributed by atoms with Gasteiger partial charge in [0.15, 0.2) is 6.61 Å². The molecule has 0 spiro atoms. The minimum absolute atomic E-state index is 0.0252. The number of rotatable bonds is 7. The van der Waals surface area contributed by atoms with Gasteiger partial charge in [-0.05, 0) is 30.0 Å². The second-order valence-electron chi connectivity index (χ2n) is 5.53. The van der Waals surface area contributed by atoms with E-state index in [-0.39, 0.29) is 11.7 Å². The Labute approximate surface area is 155 Å². The van der Waals surface area contributed by atoms with E-state index in [0.29, 0.717) is 0 Å². The Balaban J connectivity index is 1.95. The molecule has 0 aliphatic rings. The van der Waals surface area contributed by atoms with E-state index < -0.39 is 24.4 Å². The molecule has 1 heterocycles. The number of thiophene rings is 1. The number of nitrogens with one attached hydrogen (secondary N) is 2. The lowest BCUT2D eigenvalue weighted by Gasteiger charge is -2.13. The monoisotopic (exact) mass is 372 g/mol. The molecule has 0 bridgehead atoms. The van der Waals surface area contributed by atoms with Gasteiger partial charge in [0.25, 0.3) is 5.91 Å². The first-order chi connectivity index (χ1) is 12.5. The first-order valence-electron chi connectivity index (χ1n) is 8.00. The Bertz CT molecular complexity index is 785. The molecule has 1 aromatic heterocycles. The minimum atomic E-state index is -0.775. The highest BCUT2D eigenvalue weighted by Gasteiger charge is 2.16. The van der Waals surface area contributed by atoms with Gasteiger partial charge < -0.3 is 15.4 Å². The van der Waals surface area contributed by atoms with Crippen LogP contribution in [0, 0.1) is 0 Å². The second-order valence-corrected chi connectivity index (χ2v) is 6.51. The van der Waals surface area contributed by atoms with Gasteiger partial charge >= 0.3 is 5.97 Å². The number of hydrogen-bond acceptors (Lipinski definition) is 5. The van der Waals surface area contributed by atoms with E-state index in [1.165, 1.54) is 24.3 Å². The molecule has 1 atom stereocenters. The molecule has 1 aromatic carbocycles. The van der Waals surface area contributed by atoms with Crippen molar-refractivity contribution in [1.82, 2.24) is 10.6 Å². The summed E-state index contributed by atoms with van der Waals surface area (Å²) in [7, 11) is 0. The van der Waals surface area contributed by atoms with Crippen LogP contribution in [0.4, 0.5) is 0 Å². The first kappa shape index (κ1) is 19.4. The van der Waals surface area contributed by atoms with Crippen LogP contribution < -0.4 is 10.6 Å². The van der Waals surface area contributed by atoms with E-state index >= 15 is 0 Å². The summed E-state index contributed by atoms with van der Waals surface area (Å²) in [6.07, 6.45) is 1.50. The lowest BCUT2D eigenvalue weighted by Crippen LogP contribution is -2.33. The van der Waals surface area contributed by atoms with Crippen molar-refractivity contribution in [3.05, 3.63) is 64.0 Å². The van der Waals surface area contributed by atoms with Crippen molar-refractivity contribution in [1.29, 1.82) is 0 Å². The van der Waals surface area contributed by atoms with Crippen LogP contribution >= 0.6 is 11.3 Å². The maximum Gasteiger partial charge on any atom is 0.355 e. The number of carbonyl (C=O) groups is 3. The number of hydrogen-bond donors (Lipinski definition) is 2. The zero-order valence-electron chi connectivity index (χ0n) is 14.5. The summed E-state index contributed by atoms with van der Waals surface area (Å²) in [5.41, 5.74) is 0.701. The fraction of sp³-hybridized carbons (Fsp3) is 0.211. The normalized spacial score (nSPS) is 12.2. The smallest absolute Gasteiger partial charge is 0.355 e. The summed E-state index contributed by atoms with van der Waals surface area (Å²) >= 11 is 1.53. The molecule has 2 amide bonds. The van der Waals surface area contributed by atoms with Gasteiger partial charge in [-0.1, -0.05) is 36.4 Å². The minimum Gasteiger partial charge on any atom is -0.451 e. The molecule has 2 N–H and O–H groups in total. The van der Waals surface area contributed by atoms with E-state index in [9.17, 15) is 14.4 Å². The van der Waals surface area contributed by atoms with E-state index in [4.69, 9.17) is 4.74 Å². The van der Waals surface area contributed by atoms with Gasteiger partial charge in [0.05, 0.1) is 6.04 Å². The van der Waals surface area contributed by atoms with Gasteiger partial charge in [-0.25, -0.2) is 4.79 Å². The van der Waals surface area contributed by atoms with Crippen molar-refractivity contribution in [2.45, 2.75) is 19.9 Å². The molecule has 7 heteroatoms. The Morgan fingerprint density at radius 2 is 1.88 bits per heavy atom. The Morgan fingerprint density at radius 1 is 1.15 bits per heavy atom. The quantitative estimate of drug-likeness (QED) is 0.578. The van der Waals surface area contributed by atoms with Crippen molar-refractivity contribution in [2.24, 2.45) is 0 Å². The molecular formula is C19H20N2O4S. The standard InChI is InChI=1S/C19H20N2O4S/c1-13(17-9-6-10-26-17)20-18(23)12-25-19(24)16(21-14(2)22)11-15-7-4-3-5-8-15/h3-11,13H,12H2,1-2H3,(H,20,23)(H,21,22)/b16-11-/t13-/m0/s1. The molecule has 0 radical (unpaired) electrons. The van der Waals surface area contributed by atoms with Crippen molar-refractivity contribution >= 4 is 35.2 Å². The van der Waals surface area contributed by atoms with Gasteiger partial charge in [0.1, 0.15) is 5.70 Å². The summed E-state index contributed by atoms with van der Waals surface area (Å²) in [5.74, 6) is -1.59. The number of carbonyl (C=O) groups excluding carboxylic acids is 3. The van der Waals surface area contributed by atoms with Crippen molar-refractivity contribution in [3.63, 3.8) is 0 Å². The molecule has 6 nitrogen and oxygen atoms in total. The summed E-state index contributed by atoms with van der Waals surface area (Å²) in [5, 5.41) is 7.11. The SMILES string of the molecule is CC(=O)N/C(=C\c1ccccc1)C(=O)OCC(=O)N[C@@H](C)c1cccs1. The zero-order valence-corrected chi connectivity index (χ0v) is 15.3. The number of benzene rings is 1. The molecule has 0 aliphatic heterocycles. The molecule has 2 rings (SSSR count). The average molecular weight is 372 g/mol. The molecule has 0 fully saturated rings. The van der Waals surface area contributed by atoms with Gasteiger partial charge in [-0.15, -0.1) is 11.3 Å². The van der Waals surface area contributed by atoms with Crippen LogP contribution in [0.5, 0.6) is 0 Å². The summed E-state index contributed by atoms with van der Waals surface area (Å²) in [6, 6.07) is 12.7. The average Bonchev–Trinajstić information content (AvgIpc) is 3.14. The number of ether oxygens (including phenoxy) is 1. The fourth-order valence-corrected chi connectivity index (χ4v) is 2.89. The topological polar surface area (TPSA) is 84.5 Å². The van der Waals surface area contributed by atoms with Crippen LogP contribution in [0.2, 0.25) is 0 Å². The highest BCUT2D eigenvalue weighted by molar-refractivity contribution is 7.10. The lowest BCUT2D eigenvalue weighted by atomic mass is 10.2. The van der Waals surface area contributed by atoms with Crippen molar-refractivity contribution < 1.29 is 19.1 Å². The Hall–Kier alpha value is -2.93. The summed E-state index contributed by atoms with van der Waals surface area (Å²) < 4.78 is 5.03. The summed E-state index contributed by atoms with van der Waals surface area (Å²) in [6.45, 7) is 2.71. The molecule has 0 saturated heterocycles. The molecule has 0 unspecified atom stereocenters. The van der Waals surface area contributed by atoms with E-state index in [1.54, 1.807) is 12.1 Å². The lowest BCUT2D eigenvalue weighted by molar-refractivity contribution is -0.145. The third-order valence-electron chi connectivity index (χ3n) is 3.32. The third kappa shape index (κ3) is 6.18. The molecule has 26 heavy (non-hydrogen) atoms. The predicted molar refractivity (Wildman–Crippen MR) is 100 cm³/mol. The van der Waals surface area contributed by atoms with Gasteiger partial charge in [0.2, 0.25) is 5.91 Å². The van der Waals surface area contributed by atoms with Gasteiger partial charge in [0, 0.05) is 11.8 Å². The largest absolute Gasteiger partial charge is 0.451 e. The van der Waals surface area contributed by atoms with Crippen LogP contribution in [-0.4, -0.2) is 24.4 Å². The molecular weight excluding hydrogens is 352 g/mol. The molecule has 136 valence electrons. The maximum atomic E-state index is 12.2. The highest BCUT2D eigenvalue weighted by atomic mass is 32.1. The van der Waals surface area contributed by atoms with Crippen LogP contribution in [0.25, 0.3) is 6.08 Å². The summed E-state index contributed by atoms with van der Waals surface area (Å²) in [4.78, 5) is 36.5. The van der Waals surface area contributed by atoms with E-state index in [2.05, 4.69) is 10.6 Å². The Morgan fingerprint density at radius 3 is 2.50 bits per heavy atom. The van der Waals surface area contributed by atoms with Crippen molar-refractivity contribution in [2.75, 3.05) is 6.61 Å². The van der Waals surface area contributed by atoms with Crippen LogP contribution in [0.3, 0.4) is 0 Å². The number of amides is 2. The highest BCUT2D eigenvalue weighted by Crippen LogP contribution is 2.17. The van der Waals surface area contributed by atoms with Gasteiger partial charge in [-0.2, -0.15) is 0 Å². The van der Waals surface area contributed by atoms with Crippen LogP contribution in [-0.2, 0) is 19.1 Å². The first-order valence-corrected chi connectivity index (χ1v) is 8.88. The third-order valence-corrected chi connectivity index (χ3v) is 4.38.